The van der Waals surface area contributed by atoms with E-state index in [-0.39, 0.29) is 5.69 Å². The highest BCUT2D eigenvalue weighted by Gasteiger charge is 2.09. The van der Waals surface area contributed by atoms with Gasteiger partial charge in [0.05, 0.1) is 29.2 Å². The maximum absolute atomic E-state index is 10.6. The molecule has 88 valence electrons. The SMILES string of the molecule is O=[N+]([O-])c1ccc(Br)c(NCc2cnc[nH]2)c1. The topological polar surface area (TPSA) is 83.8 Å². The first-order chi connectivity index (χ1) is 8.16. The molecule has 1 aromatic heterocycles. The number of benzene rings is 1. The first kappa shape index (κ1) is 11.6. The van der Waals surface area contributed by atoms with E-state index in [9.17, 15) is 10.1 Å². The fourth-order valence-electron chi connectivity index (χ4n) is 1.33. The summed E-state index contributed by atoms with van der Waals surface area (Å²) in [6, 6.07) is 4.58. The number of H-pyrrole nitrogens is 1. The van der Waals surface area contributed by atoms with E-state index >= 15 is 0 Å². The highest BCUT2D eigenvalue weighted by molar-refractivity contribution is 9.10. The molecule has 17 heavy (non-hydrogen) atoms. The Balaban J connectivity index is 2.14. The van der Waals surface area contributed by atoms with E-state index in [4.69, 9.17) is 0 Å². The highest BCUT2D eigenvalue weighted by Crippen LogP contribution is 2.27. The average Bonchev–Trinajstić information content (AvgIpc) is 2.80. The van der Waals surface area contributed by atoms with Gasteiger partial charge in [0.1, 0.15) is 0 Å². The molecule has 0 atom stereocenters. The number of non-ortho nitro benzene ring substituents is 1. The van der Waals surface area contributed by atoms with Crippen LogP contribution in [0.1, 0.15) is 5.69 Å². The maximum Gasteiger partial charge on any atom is 0.271 e. The summed E-state index contributed by atoms with van der Waals surface area (Å²) in [5, 5.41) is 13.7. The van der Waals surface area contributed by atoms with Crippen molar-refractivity contribution in [2.45, 2.75) is 6.54 Å². The van der Waals surface area contributed by atoms with Gasteiger partial charge in [-0.25, -0.2) is 4.98 Å². The van der Waals surface area contributed by atoms with Crippen LogP contribution in [0.25, 0.3) is 0 Å². The number of imidazole rings is 1. The quantitative estimate of drug-likeness (QED) is 0.671. The molecule has 2 N–H and O–H groups in total. The summed E-state index contributed by atoms with van der Waals surface area (Å²) in [4.78, 5) is 17.0. The van der Waals surface area contributed by atoms with Crippen LogP contribution in [0, 0.1) is 10.1 Å². The Bertz CT molecular complexity index is 527. The summed E-state index contributed by atoms with van der Waals surface area (Å²) in [5.74, 6) is 0. The zero-order chi connectivity index (χ0) is 12.3. The van der Waals surface area contributed by atoms with Crippen LogP contribution in [0.3, 0.4) is 0 Å². The molecule has 0 spiro atoms. The Morgan fingerprint density at radius 2 is 2.35 bits per heavy atom. The van der Waals surface area contributed by atoms with Gasteiger partial charge in [-0.15, -0.1) is 0 Å². The van der Waals surface area contributed by atoms with Crippen molar-refractivity contribution in [3.63, 3.8) is 0 Å². The number of nitrogens with one attached hydrogen (secondary N) is 2. The molecule has 0 aliphatic heterocycles. The van der Waals surface area contributed by atoms with Crippen molar-refractivity contribution in [1.29, 1.82) is 0 Å². The van der Waals surface area contributed by atoms with Crippen molar-refractivity contribution in [3.8, 4) is 0 Å². The molecule has 2 aromatic rings. The van der Waals surface area contributed by atoms with E-state index in [1.165, 1.54) is 12.1 Å². The number of aromatic amines is 1. The second-order valence-electron chi connectivity index (χ2n) is 3.35. The van der Waals surface area contributed by atoms with E-state index in [1.807, 2.05) is 0 Å². The number of hydrogen-bond donors (Lipinski definition) is 2. The molecule has 2 rings (SSSR count). The Labute approximate surface area is 105 Å². The summed E-state index contributed by atoms with van der Waals surface area (Å²) in [7, 11) is 0. The lowest BCUT2D eigenvalue weighted by molar-refractivity contribution is -0.384. The lowest BCUT2D eigenvalue weighted by Gasteiger charge is -2.06. The molecule has 0 fully saturated rings. The predicted molar refractivity (Wildman–Crippen MR) is 66.7 cm³/mol. The lowest BCUT2D eigenvalue weighted by Crippen LogP contribution is -2.01. The van der Waals surface area contributed by atoms with Crippen LogP contribution >= 0.6 is 15.9 Å². The Morgan fingerprint density at radius 3 is 3.00 bits per heavy atom. The standard InChI is InChI=1S/C10H9BrN4O2/c11-9-2-1-8(15(16)17)3-10(9)13-5-7-4-12-6-14-7/h1-4,6,13H,5H2,(H,12,14). The van der Waals surface area contributed by atoms with Gasteiger partial charge in [0.25, 0.3) is 5.69 Å². The summed E-state index contributed by atoms with van der Waals surface area (Å²) < 4.78 is 0.780. The maximum atomic E-state index is 10.6. The molecule has 0 unspecified atom stereocenters. The number of aromatic nitrogens is 2. The first-order valence-corrected chi connectivity index (χ1v) is 5.61. The molecule has 0 aliphatic rings. The number of rotatable bonds is 4. The van der Waals surface area contributed by atoms with Crippen molar-refractivity contribution in [3.05, 3.63) is 51.0 Å². The van der Waals surface area contributed by atoms with Crippen LogP contribution in [0.4, 0.5) is 11.4 Å². The third kappa shape index (κ3) is 2.82. The molecule has 0 amide bonds. The fourth-order valence-corrected chi connectivity index (χ4v) is 1.72. The van der Waals surface area contributed by atoms with Crippen molar-refractivity contribution in [1.82, 2.24) is 9.97 Å². The molecule has 6 nitrogen and oxygen atoms in total. The molecular weight excluding hydrogens is 288 g/mol. The number of nitro benzene ring substituents is 1. The van der Waals surface area contributed by atoms with E-state index in [2.05, 4.69) is 31.2 Å². The van der Waals surface area contributed by atoms with E-state index < -0.39 is 4.92 Å². The minimum atomic E-state index is -0.423. The van der Waals surface area contributed by atoms with Gasteiger partial charge in [-0.05, 0) is 22.0 Å². The molecule has 1 aromatic carbocycles. The smallest absolute Gasteiger partial charge is 0.271 e. The molecular formula is C10H9BrN4O2. The van der Waals surface area contributed by atoms with Crippen LogP contribution in [0.2, 0.25) is 0 Å². The van der Waals surface area contributed by atoms with Gasteiger partial charge in [0.2, 0.25) is 0 Å². The van der Waals surface area contributed by atoms with E-state index in [0.29, 0.717) is 12.2 Å². The van der Waals surface area contributed by atoms with Gasteiger partial charge in [0, 0.05) is 22.8 Å². The van der Waals surface area contributed by atoms with Gasteiger partial charge in [-0.1, -0.05) is 0 Å². The third-order valence-electron chi connectivity index (χ3n) is 2.18. The Kier molecular flexibility index (Phi) is 3.38. The van der Waals surface area contributed by atoms with Crippen molar-refractivity contribution in [2.75, 3.05) is 5.32 Å². The normalized spacial score (nSPS) is 10.2. The van der Waals surface area contributed by atoms with Crippen molar-refractivity contribution < 1.29 is 4.92 Å². The van der Waals surface area contributed by atoms with Crippen LogP contribution in [0.15, 0.2) is 35.2 Å². The van der Waals surface area contributed by atoms with E-state index in [0.717, 1.165) is 10.2 Å². The lowest BCUT2D eigenvalue weighted by atomic mass is 10.3. The number of nitrogens with zero attached hydrogens (tertiary/aromatic N) is 2. The molecule has 0 saturated carbocycles. The van der Waals surface area contributed by atoms with Crippen molar-refractivity contribution >= 4 is 27.3 Å². The van der Waals surface area contributed by atoms with Crippen LogP contribution in [-0.4, -0.2) is 14.9 Å². The highest BCUT2D eigenvalue weighted by atomic mass is 79.9. The van der Waals surface area contributed by atoms with Gasteiger partial charge < -0.3 is 10.3 Å². The van der Waals surface area contributed by atoms with Crippen LogP contribution in [0.5, 0.6) is 0 Å². The zero-order valence-corrected chi connectivity index (χ0v) is 10.3. The Morgan fingerprint density at radius 1 is 1.53 bits per heavy atom. The molecule has 0 radical (unpaired) electrons. The summed E-state index contributed by atoms with van der Waals surface area (Å²) >= 11 is 3.33. The number of nitro groups is 1. The predicted octanol–water partition coefficient (Wildman–Crippen LogP) is 2.69. The van der Waals surface area contributed by atoms with Crippen molar-refractivity contribution in [2.24, 2.45) is 0 Å². The number of hydrogen-bond acceptors (Lipinski definition) is 4. The second-order valence-corrected chi connectivity index (χ2v) is 4.21. The Hall–Kier alpha value is -1.89. The summed E-state index contributed by atoms with van der Waals surface area (Å²) in [6.45, 7) is 0.528. The molecule has 1 heterocycles. The first-order valence-electron chi connectivity index (χ1n) is 4.82. The largest absolute Gasteiger partial charge is 0.378 e. The van der Waals surface area contributed by atoms with Gasteiger partial charge >= 0.3 is 0 Å². The molecule has 0 aliphatic carbocycles. The zero-order valence-electron chi connectivity index (χ0n) is 8.68. The molecule has 7 heteroatoms. The minimum absolute atomic E-state index is 0.0558. The van der Waals surface area contributed by atoms with Gasteiger partial charge in [-0.2, -0.15) is 0 Å². The molecule has 0 saturated heterocycles. The monoisotopic (exact) mass is 296 g/mol. The molecule has 0 bridgehead atoms. The van der Waals surface area contributed by atoms with Crippen LogP contribution in [-0.2, 0) is 6.54 Å². The third-order valence-corrected chi connectivity index (χ3v) is 2.88. The second kappa shape index (κ2) is 4.96. The minimum Gasteiger partial charge on any atom is -0.378 e. The van der Waals surface area contributed by atoms with Crippen LogP contribution < -0.4 is 5.32 Å². The number of anilines is 1. The summed E-state index contributed by atoms with van der Waals surface area (Å²) in [6.07, 6.45) is 3.28. The average molecular weight is 297 g/mol. The van der Waals surface area contributed by atoms with Gasteiger partial charge in [-0.3, -0.25) is 10.1 Å². The number of halogens is 1. The fraction of sp³-hybridized carbons (Fsp3) is 0.100. The van der Waals surface area contributed by atoms with Gasteiger partial charge in [0.15, 0.2) is 0 Å². The summed E-state index contributed by atoms with van der Waals surface area (Å²) in [5.41, 5.74) is 1.64. The van der Waals surface area contributed by atoms with E-state index in [1.54, 1.807) is 18.6 Å².